The smallest absolute Gasteiger partial charge is 0.392 e. The van der Waals surface area contributed by atoms with Gasteiger partial charge in [-0.25, -0.2) is 0 Å². The maximum atomic E-state index is 13.1. The fourth-order valence-electron chi connectivity index (χ4n) is 4.00. The zero-order valence-corrected chi connectivity index (χ0v) is 21.5. The van der Waals surface area contributed by atoms with Gasteiger partial charge >= 0.3 is 6.18 Å². The molecular weight excluding hydrogens is 507 g/mol. The van der Waals surface area contributed by atoms with Crippen molar-refractivity contribution in [2.45, 2.75) is 39.3 Å². The summed E-state index contributed by atoms with van der Waals surface area (Å²) in [6, 6.07) is 18.4. The summed E-state index contributed by atoms with van der Waals surface area (Å²) in [6.45, 7) is 4.21. The minimum absolute atomic E-state index is 0.121. The van der Waals surface area contributed by atoms with Crippen molar-refractivity contribution in [3.63, 3.8) is 0 Å². The van der Waals surface area contributed by atoms with Gasteiger partial charge in [-0.15, -0.1) is 10.2 Å². The predicted octanol–water partition coefficient (Wildman–Crippen LogP) is 6.78. The van der Waals surface area contributed by atoms with Gasteiger partial charge in [0.25, 0.3) is 0 Å². The molecule has 0 aliphatic rings. The molecule has 4 aromatic rings. The topological polar surface area (TPSA) is 92.8 Å². The van der Waals surface area contributed by atoms with Crippen LogP contribution in [0.1, 0.15) is 36.5 Å². The lowest BCUT2D eigenvalue weighted by Crippen LogP contribution is -2.16. The van der Waals surface area contributed by atoms with Crippen LogP contribution in [0.25, 0.3) is 28.6 Å². The Morgan fingerprint density at radius 3 is 2.49 bits per heavy atom. The number of ether oxygens (including phenoxy) is 1. The largest absolute Gasteiger partial charge is 0.491 e. The van der Waals surface area contributed by atoms with Gasteiger partial charge in [0.15, 0.2) is 0 Å². The number of aromatic amines is 1. The first kappa shape index (κ1) is 27.6. The van der Waals surface area contributed by atoms with E-state index in [0.717, 1.165) is 17.2 Å². The number of carbonyl (C=O) groups is 1. The van der Waals surface area contributed by atoms with Crippen molar-refractivity contribution >= 4 is 17.7 Å². The highest BCUT2D eigenvalue weighted by Gasteiger charge is 2.25. The molecule has 0 saturated heterocycles. The third-order valence-corrected chi connectivity index (χ3v) is 5.80. The average molecular weight is 536 g/mol. The van der Waals surface area contributed by atoms with Crippen molar-refractivity contribution < 1.29 is 22.7 Å². The molecule has 0 aliphatic carbocycles. The Balaban J connectivity index is 1.80. The number of hydrogen-bond acceptors (Lipinski definition) is 5. The van der Waals surface area contributed by atoms with Crippen LogP contribution in [0.15, 0.2) is 66.7 Å². The first-order chi connectivity index (χ1) is 18.7. The molecule has 10 heteroatoms. The second kappa shape index (κ2) is 12.4. The highest BCUT2D eigenvalue weighted by molar-refractivity contribution is 5.96. The standard InChI is InChI=1S/C29H28F3N5O2/c1-3-15-39-27-21(7-6-14-29(30,31)32)17-22(23-8-4-5-9-24(23)28-34-36-37-35-28)18-25(27)33-26(38)16-20-12-10-19(2)11-13-20/h4-13,17-18H,3,14-16H2,1-2H3,(H,33,38)(H,34,35,36,37)/b7-6+. The van der Waals surface area contributed by atoms with Crippen LogP contribution in [-0.4, -0.2) is 39.3 Å². The number of aromatic nitrogens is 4. The van der Waals surface area contributed by atoms with E-state index < -0.39 is 12.6 Å². The highest BCUT2D eigenvalue weighted by Crippen LogP contribution is 2.39. The van der Waals surface area contributed by atoms with E-state index in [9.17, 15) is 18.0 Å². The van der Waals surface area contributed by atoms with Crippen LogP contribution in [0.4, 0.5) is 18.9 Å². The summed E-state index contributed by atoms with van der Waals surface area (Å²) >= 11 is 0. The molecule has 0 fully saturated rings. The third kappa shape index (κ3) is 7.53. The lowest BCUT2D eigenvalue weighted by Gasteiger charge is -2.18. The SMILES string of the molecule is CCCOc1c(/C=C/CC(F)(F)F)cc(-c2ccccc2-c2nn[nH]n2)cc1NC(=O)Cc1ccc(C)cc1. The van der Waals surface area contributed by atoms with E-state index in [-0.39, 0.29) is 12.3 Å². The lowest BCUT2D eigenvalue weighted by atomic mass is 9.96. The van der Waals surface area contributed by atoms with Crippen LogP contribution in [0.2, 0.25) is 0 Å². The molecule has 1 amide bonds. The van der Waals surface area contributed by atoms with Crippen LogP contribution in [0.5, 0.6) is 5.75 Å². The van der Waals surface area contributed by atoms with Crippen LogP contribution in [0.3, 0.4) is 0 Å². The summed E-state index contributed by atoms with van der Waals surface area (Å²) in [7, 11) is 0. The Hall–Kier alpha value is -4.47. The van der Waals surface area contributed by atoms with E-state index in [2.05, 4.69) is 25.9 Å². The summed E-state index contributed by atoms with van der Waals surface area (Å²) in [5.41, 5.74) is 4.68. The molecule has 1 aromatic heterocycles. The maximum Gasteiger partial charge on any atom is 0.392 e. The molecule has 7 nitrogen and oxygen atoms in total. The molecule has 39 heavy (non-hydrogen) atoms. The summed E-state index contributed by atoms with van der Waals surface area (Å²) in [4.78, 5) is 13.1. The van der Waals surface area contributed by atoms with E-state index in [1.54, 1.807) is 12.1 Å². The monoisotopic (exact) mass is 535 g/mol. The number of tetrazole rings is 1. The van der Waals surface area contributed by atoms with Crippen molar-refractivity contribution in [3.8, 4) is 28.3 Å². The number of halogens is 3. The Kier molecular flexibility index (Phi) is 8.75. The molecule has 202 valence electrons. The van der Waals surface area contributed by atoms with Gasteiger partial charge in [-0.05, 0) is 47.4 Å². The number of alkyl halides is 3. The van der Waals surface area contributed by atoms with E-state index in [1.165, 1.54) is 6.08 Å². The van der Waals surface area contributed by atoms with Crippen molar-refractivity contribution in [2.75, 3.05) is 11.9 Å². The van der Waals surface area contributed by atoms with E-state index in [4.69, 9.17) is 4.74 Å². The first-order valence-electron chi connectivity index (χ1n) is 12.5. The normalized spacial score (nSPS) is 11.6. The average Bonchev–Trinajstić information content (AvgIpc) is 3.44. The second-order valence-corrected chi connectivity index (χ2v) is 9.00. The Morgan fingerprint density at radius 1 is 1.08 bits per heavy atom. The molecule has 0 saturated carbocycles. The number of nitrogens with one attached hydrogen (secondary N) is 2. The molecule has 0 bridgehead atoms. The van der Waals surface area contributed by atoms with E-state index in [0.29, 0.717) is 52.5 Å². The Labute approximate surface area is 224 Å². The fraction of sp³-hybridized carbons (Fsp3) is 0.241. The van der Waals surface area contributed by atoms with Gasteiger partial charge in [-0.3, -0.25) is 4.79 Å². The van der Waals surface area contributed by atoms with Gasteiger partial charge in [0, 0.05) is 11.1 Å². The van der Waals surface area contributed by atoms with Crippen molar-refractivity contribution in [3.05, 3.63) is 83.4 Å². The van der Waals surface area contributed by atoms with Gasteiger partial charge < -0.3 is 10.1 Å². The van der Waals surface area contributed by atoms with Crippen molar-refractivity contribution in [1.29, 1.82) is 0 Å². The van der Waals surface area contributed by atoms with Gasteiger partial charge in [-0.1, -0.05) is 73.2 Å². The molecule has 1 heterocycles. The Bertz CT molecular complexity index is 1430. The number of allylic oxidation sites excluding steroid dienone is 1. The molecule has 0 aliphatic heterocycles. The number of rotatable bonds is 10. The van der Waals surface area contributed by atoms with Crippen LogP contribution >= 0.6 is 0 Å². The third-order valence-electron chi connectivity index (χ3n) is 5.80. The Morgan fingerprint density at radius 2 is 1.82 bits per heavy atom. The van der Waals surface area contributed by atoms with Crippen molar-refractivity contribution in [1.82, 2.24) is 20.6 Å². The van der Waals surface area contributed by atoms with Gasteiger partial charge in [-0.2, -0.15) is 18.4 Å². The number of nitrogens with zero attached hydrogens (tertiary/aromatic N) is 3. The minimum Gasteiger partial charge on any atom is -0.491 e. The minimum atomic E-state index is -4.35. The number of hydrogen-bond donors (Lipinski definition) is 2. The molecular formula is C29H28F3N5O2. The van der Waals surface area contributed by atoms with E-state index in [1.807, 2.05) is 62.4 Å². The molecule has 4 rings (SSSR count). The van der Waals surface area contributed by atoms with Crippen LogP contribution in [0, 0.1) is 6.92 Å². The van der Waals surface area contributed by atoms with E-state index >= 15 is 0 Å². The summed E-state index contributed by atoms with van der Waals surface area (Å²) in [5.74, 6) is 0.373. The van der Waals surface area contributed by atoms with Gasteiger partial charge in [0.05, 0.1) is 25.1 Å². The number of H-pyrrole nitrogens is 1. The molecule has 0 atom stereocenters. The summed E-state index contributed by atoms with van der Waals surface area (Å²) < 4.78 is 44.8. The molecule has 0 spiro atoms. The van der Waals surface area contributed by atoms with Gasteiger partial charge in [0.1, 0.15) is 5.75 Å². The zero-order chi connectivity index (χ0) is 27.8. The molecule has 0 radical (unpaired) electrons. The zero-order valence-electron chi connectivity index (χ0n) is 21.5. The highest BCUT2D eigenvalue weighted by atomic mass is 19.4. The van der Waals surface area contributed by atoms with Crippen LogP contribution < -0.4 is 10.1 Å². The number of amides is 1. The van der Waals surface area contributed by atoms with Gasteiger partial charge in [0.2, 0.25) is 11.7 Å². The lowest BCUT2D eigenvalue weighted by molar-refractivity contribution is -0.124. The maximum absolute atomic E-state index is 13.1. The van der Waals surface area contributed by atoms with Crippen molar-refractivity contribution in [2.24, 2.45) is 0 Å². The fourth-order valence-corrected chi connectivity index (χ4v) is 4.00. The second-order valence-electron chi connectivity index (χ2n) is 9.00. The number of carbonyl (C=O) groups excluding carboxylic acids is 1. The predicted molar refractivity (Wildman–Crippen MR) is 144 cm³/mol. The molecule has 0 unspecified atom stereocenters. The number of anilines is 1. The molecule has 3 aromatic carbocycles. The van der Waals surface area contributed by atoms with Crippen LogP contribution in [-0.2, 0) is 11.2 Å². The quantitative estimate of drug-likeness (QED) is 0.234. The summed E-state index contributed by atoms with van der Waals surface area (Å²) in [6.07, 6.45) is -2.25. The molecule has 2 N–H and O–H groups in total. The number of benzene rings is 3. The first-order valence-corrected chi connectivity index (χ1v) is 12.5. The number of aryl methyl sites for hydroxylation is 1. The summed E-state index contributed by atoms with van der Waals surface area (Å²) in [5, 5.41) is 17.1.